The maximum atomic E-state index is 13.1. The van der Waals surface area contributed by atoms with Crippen LogP contribution in [-0.4, -0.2) is 23.6 Å². The van der Waals surface area contributed by atoms with Crippen LogP contribution in [0.1, 0.15) is 12.5 Å². The summed E-state index contributed by atoms with van der Waals surface area (Å²) in [6, 6.07) is 6.41. The van der Waals surface area contributed by atoms with E-state index in [1.54, 1.807) is 13.2 Å². The summed E-state index contributed by atoms with van der Waals surface area (Å²) >= 11 is 0. The summed E-state index contributed by atoms with van der Waals surface area (Å²) in [5.41, 5.74) is 0.829. The lowest BCUT2D eigenvalue weighted by Gasteiger charge is -2.13. The van der Waals surface area contributed by atoms with Crippen molar-refractivity contribution in [2.24, 2.45) is 0 Å². The van der Waals surface area contributed by atoms with E-state index in [0.29, 0.717) is 23.9 Å². The van der Waals surface area contributed by atoms with Crippen LogP contribution in [0.5, 0.6) is 5.75 Å². The molecule has 0 unspecified atom stereocenters. The van der Waals surface area contributed by atoms with E-state index in [-0.39, 0.29) is 5.82 Å². The van der Waals surface area contributed by atoms with Crippen molar-refractivity contribution in [3.63, 3.8) is 0 Å². The van der Waals surface area contributed by atoms with Crippen molar-refractivity contribution in [1.29, 1.82) is 0 Å². The Bertz CT molecular complexity index is 577. The topological polar surface area (TPSA) is 59.1 Å². The summed E-state index contributed by atoms with van der Waals surface area (Å²) in [5, 5.41) is 6.22. The van der Waals surface area contributed by atoms with Gasteiger partial charge < -0.3 is 15.4 Å². The quantitative estimate of drug-likeness (QED) is 0.849. The van der Waals surface area contributed by atoms with Crippen LogP contribution in [0.15, 0.2) is 30.6 Å². The lowest BCUT2D eigenvalue weighted by atomic mass is 10.2. The van der Waals surface area contributed by atoms with Crippen LogP contribution < -0.4 is 15.4 Å². The first kappa shape index (κ1) is 14.0. The first-order chi connectivity index (χ1) is 9.74. The predicted octanol–water partition coefficient (Wildman–Crippen LogP) is 2.67. The largest absolute Gasteiger partial charge is 0.490 e. The fraction of sp³-hybridized carbons (Fsp3) is 0.286. The van der Waals surface area contributed by atoms with Gasteiger partial charge >= 0.3 is 0 Å². The Kier molecular flexibility index (Phi) is 4.70. The molecule has 0 amide bonds. The molecule has 0 aliphatic rings. The standard InChI is InChI=1S/C14H17FN4O/c1-3-16-13-12(20-2)14(19-9-18-13)17-8-10-5-4-6-11(15)7-10/h4-7,9H,3,8H2,1-2H3,(H2,16,17,18,19). The van der Waals surface area contributed by atoms with E-state index in [4.69, 9.17) is 4.74 Å². The highest BCUT2D eigenvalue weighted by molar-refractivity contribution is 5.63. The van der Waals surface area contributed by atoms with Crippen molar-refractivity contribution in [2.75, 3.05) is 24.3 Å². The van der Waals surface area contributed by atoms with Gasteiger partial charge in [0.1, 0.15) is 12.1 Å². The zero-order valence-corrected chi connectivity index (χ0v) is 11.5. The molecule has 2 N–H and O–H groups in total. The third kappa shape index (κ3) is 3.34. The van der Waals surface area contributed by atoms with Gasteiger partial charge in [-0.25, -0.2) is 14.4 Å². The number of aromatic nitrogens is 2. The number of ether oxygens (including phenoxy) is 1. The van der Waals surface area contributed by atoms with Gasteiger partial charge in [-0.05, 0) is 24.6 Å². The Morgan fingerprint density at radius 2 is 1.95 bits per heavy atom. The number of hydrogen-bond donors (Lipinski definition) is 2. The Balaban J connectivity index is 2.14. The molecule has 0 aliphatic heterocycles. The normalized spacial score (nSPS) is 10.2. The Morgan fingerprint density at radius 1 is 1.20 bits per heavy atom. The third-order valence-corrected chi connectivity index (χ3v) is 2.70. The zero-order chi connectivity index (χ0) is 14.4. The lowest BCUT2D eigenvalue weighted by molar-refractivity contribution is 0.414. The molecule has 0 aliphatic carbocycles. The molecule has 0 radical (unpaired) electrons. The molecule has 0 saturated carbocycles. The van der Waals surface area contributed by atoms with E-state index >= 15 is 0 Å². The summed E-state index contributed by atoms with van der Waals surface area (Å²) < 4.78 is 18.4. The molecule has 1 aromatic carbocycles. The predicted molar refractivity (Wildman–Crippen MR) is 76.5 cm³/mol. The number of nitrogens with zero attached hydrogens (tertiary/aromatic N) is 2. The second-order valence-electron chi connectivity index (χ2n) is 4.12. The number of hydrogen-bond acceptors (Lipinski definition) is 5. The summed E-state index contributed by atoms with van der Waals surface area (Å²) in [7, 11) is 1.56. The molecule has 2 aromatic rings. The summed E-state index contributed by atoms with van der Waals surface area (Å²) in [6.07, 6.45) is 1.45. The molecule has 1 heterocycles. The molecule has 6 heteroatoms. The van der Waals surface area contributed by atoms with Crippen molar-refractivity contribution in [1.82, 2.24) is 9.97 Å². The maximum absolute atomic E-state index is 13.1. The molecule has 5 nitrogen and oxygen atoms in total. The van der Waals surface area contributed by atoms with E-state index in [0.717, 1.165) is 12.1 Å². The van der Waals surface area contributed by atoms with Gasteiger partial charge in [-0.15, -0.1) is 0 Å². The fourth-order valence-electron chi connectivity index (χ4n) is 1.82. The molecule has 1 aromatic heterocycles. The number of nitrogens with one attached hydrogen (secondary N) is 2. The van der Waals surface area contributed by atoms with Gasteiger partial charge in [0, 0.05) is 13.1 Å². The van der Waals surface area contributed by atoms with E-state index in [1.807, 2.05) is 13.0 Å². The number of rotatable bonds is 6. The molecule has 0 atom stereocenters. The highest BCUT2D eigenvalue weighted by Gasteiger charge is 2.11. The van der Waals surface area contributed by atoms with Gasteiger partial charge in [-0.2, -0.15) is 0 Å². The number of benzene rings is 1. The van der Waals surface area contributed by atoms with Gasteiger partial charge in [0.2, 0.25) is 5.75 Å². The second kappa shape index (κ2) is 6.70. The highest BCUT2D eigenvalue weighted by Crippen LogP contribution is 2.29. The molecular weight excluding hydrogens is 259 g/mol. The number of anilines is 2. The molecule has 106 valence electrons. The lowest BCUT2D eigenvalue weighted by Crippen LogP contribution is -2.08. The smallest absolute Gasteiger partial charge is 0.204 e. The van der Waals surface area contributed by atoms with Gasteiger partial charge in [-0.1, -0.05) is 12.1 Å². The Labute approximate surface area is 117 Å². The van der Waals surface area contributed by atoms with Crippen molar-refractivity contribution in [3.05, 3.63) is 42.0 Å². The van der Waals surface area contributed by atoms with Crippen LogP contribution in [0.3, 0.4) is 0 Å². The van der Waals surface area contributed by atoms with E-state index < -0.39 is 0 Å². The van der Waals surface area contributed by atoms with Crippen LogP contribution in [0.2, 0.25) is 0 Å². The van der Waals surface area contributed by atoms with Crippen molar-refractivity contribution in [3.8, 4) is 5.75 Å². The highest BCUT2D eigenvalue weighted by atomic mass is 19.1. The van der Waals surface area contributed by atoms with E-state index in [1.165, 1.54) is 18.5 Å². The summed E-state index contributed by atoms with van der Waals surface area (Å²) in [5.74, 6) is 1.49. The average molecular weight is 276 g/mol. The summed E-state index contributed by atoms with van der Waals surface area (Å²) in [6.45, 7) is 3.16. The fourth-order valence-corrected chi connectivity index (χ4v) is 1.82. The van der Waals surface area contributed by atoms with Gasteiger partial charge in [0.15, 0.2) is 11.6 Å². The van der Waals surface area contributed by atoms with Crippen LogP contribution in [0, 0.1) is 5.82 Å². The molecule has 2 rings (SSSR count). The monoisotopic (exact) mass is 276 g/mol. The van der Waals surface area contributed by atoms with E-state index in [2.05, 4.69) is 20.6 Å². The van der Waals surface area contributed by atoms with Crippen molar-refractivity contribution < 1.29 is 9.13 Å². The van der Waals surface area contributed by atoms with E-state index in [9.17, 15) is 4.39 Å². The molecule has 0 fully saturated rings. The molecule has 0 spiro atoms. The maximum Gasteiger partial charge on any atom is 0.204 e. The minimum Gasteiger partial charge on any atom is -0.490 e. The van der Waals surface area contributed by atoms with Gasteiger partial charge in [-0.3, -0.25) is 0 Å². The SMILES string of the molecule is CCNc1ncnc(NCc2cccc(F)c2)c1OC. The Morgan fingerprint density at radius 3 is 2.60 bits per heavy atom. The first-order valence-electron chi connectivity index (χ1n) is 6.35. The minimum atomic E-state index is -0.257. The average Bonchev–Trinajstić information content (AvgIpc) is 2.45. The molecule has 0 bridgehead atoms. The minimum absolute atomic E-state index is 0.257. The van der Waals surface area contributed by atoms with Crippen LogP contribution >= 0.6 is 0 Å². The molecule has 0 saturated heterocycles. The zero-order valence-electron chi connectivity index (χ0n) is 11.5. The number of methoxy groups -OCH3 is 1. The van der Waals surface area contributed by atoms with Crippen LogP contribution in [0.4, 0.5) is 16.0 Å². The summed E-state index contributed by atoms with van der Waals surface area (Å²) in [4.78, 5) is 8.27. The van der Waals surface area contributed by atoms with Crippen molar-refractivity contribution in [2.45, 2.75) is 13.5 Å². The molecular formula is C14H17FN4O. The third-order valence-electron chi connectivity index (χ3n) is 2.70. The van der Waals surface area contributed by atoms with Gasteiger partial charge in [0.05, 0.1) is 7.11 Å². The Hall–Kier alpha value is -2.37. The second-order valence-corrected chi connectivity index (χ2v) is 4.12. The molecule has 20 heavy (non-hydrogen) atoms. The van der Waals surface area contributed by atoms with Crippen molar-refractivity contribution >= 4 is 11.6 Å². The first-order valence-corrected chi connectivity index (χ1v) is 6.35. The number of halogens is 1. The van der Waals surface area contributed by atoms with Gasteiger partial charge in [0.25, 0.3) is 0 Å². The van der Waals surface area contributed by atoms with Crippen LogP contribution in [-0.2, 0) is 6.54 Å². The van der Waals surface area contributed by atoms with Crippen LogP contribution in [0.25, 0.3) is 0 Å².